The number of amidine groups is 1. The van der Waals surface area contributed by atoms with E-state index in [1.54, 1.807) is 19.2 Å². The van der Waals surface area contributed by atoms with E-state index in [1.807, 2.05) is 43.2 Å². The van der Waals surface area contributed by atoms with Crippen LogP contribution in [-0.2, 0) is 6.42 Å². The second-order valence-corrected chi connectivity index (χ2v) is 13.2. The van der Waals surface area contributed by atoms with Crippen LogP contribution < -0.4 is 20.4 Å². The molecular formula is C34H40FN7O4S2. The Hall–Kier alpha value is -3.94. The molecule has 14 heteroatoms. The van der Waals surface area contributed by atoms with E-state index < -0.39 is 12.1 Å². The normalized spacial score (nSPS) is 15.8. The third-order valence-electron chi connectivity index (χ3n) is 7.51. The molecule has 2 aromatic heterocycles. The van der Waals surface area contributed by atoms with Crippen molar-refractivity contribution in [3.63, 3.8) is 0 Å². The number of halogens is 1. The van der Waals surface area contributed by atoms with E-state index in [-0.39, 0.29) is 30.8 Å². The molecule has 0 bridgehead atoms. The number of aliphatic hydroxyl groups excluding tert-OH is 2. The van der Waals surface area contributed by atoms with Crippen LogP contribution in [0.15, 0.2) is 59.1 Å². The Bertz CT molecular complexity index is 1780. The molecule has 0 radical (unpaired) electrons. The van der Waals surface area contributed by atoms with Crippen molar-refractivity contribution in [2.24, 2.45) is 4.99 Å². The standard InChI is InChI=1S/C34H40FN7O4S2/c1-22-20-29(41(3)40-31(22)39-33-37-25-11-4-5-12-27(25)47-33)42(17-6-7-18-43)34-38-30(32(44)45)28(48-34)13-9-19-46-26-15-14-23(21-24(26)35)10-8-16-36-2/h4-5,11-12,14-15,20-21,29,32,36,43-45H,6-7,9,13,16-19H2,1-3H3,(H,37,39,40). The van der Waals surface area contributed by atoms with Crippen LogP contribution in [0.4, 0.5) is 14.7 Å². The molecule has 1 aliphatic rings. The summed E-state index contributed by atoms with van der Waals surface area (Å²) in [6, 6.07) is 12.6. The summed E-state index contributed by atoms with van der Waals surface area (Å²) in [6.45, 7) is 3.35. The van der Waals surface area contributed by atoms with Crippen LogP contribution in [0.5, 0.6) is 5.75 Å². The quantitative estimate of drug-likeness (QED) is 0.0730. The van der Waals surface area contributed by atoms with Gasteiger partial charge in [-0.3, -0.25) is 0 Å². The Morgan fingerprint density at radius 2 is 2.00 bits per heavy atom. The number of aliphatic imine (C=N–C) groups is 1. The van der Waals surface area contributed by atoms with Gasteiger partial charge in [0.2, 0.25) is 5.13 Å². The molecule has 5 rings (SSSR count). The molecule has 0 saturated carbocycles. The van der Waals surface area contributed by atoms with Crippen molar-refractivity contribution in [1.82, 2.24) is 25.7 Å². The number of aromatic nitrogens is 2. The van der Waals surface area contributed by atoms with Gasteiger partial charge < -0.3 is 35.7 Å². The van der Waals surface area contributed by atoms with Gasteiger partial charge in [-0.15, -0.1) is 11.3 Å². The fourth-order valence-electron chi connectivity index (χ4n) is 5.09. The molecule has 0 aliphatic carbocycles. The molecule has 254 valence electrons. The molecule has 3 heterocycles. The molecule has 0 saturated heterocycles. The highest BCUT2D eigenvalue weighted by atomic mass is 32.1. The number of nitrogens with zero attached hydrogens (tertiary/aromatic N) is 5. The van der Waals surface area contributed by atoms with Crippen LogP contribution >= 0.6 is 22.7 Å². The molecule has 1 atom stereocenters. The summed E-state index contributed by atoms with van der Waals surface area (Å²) in [5, 5.41) is 36.0. The lowest BCUT2D eigenvalue weighted by Crippen LogP contribution is -2.56. The van der Waals surface area contributed by atoms with Crippen molar-refractivity contribution < 1.29 is 24.4 Å². The highest BCUT2D eigenvalue weighted by Gasteiger charge is 2.30. The van der Waals surface area contributed by atoms with Crippen LogP contribution in [0.3, 0.4) is 0 Å². The van der Waals surface area contributed by atoms with Crippen molar-refractivity contribution in [3.05, 3.63) is 76.1 Å². The topological polar surface area (TPSA) is 139 Å². The minimum Gasteiger partial charge on any atom is -0.491 e. The number of para-hydroxylation sites is 1. The van der Waals surface area contributed by atoms with Crippen molar-refractivity contribution in [2.75, 3.05) is 45.3 Å². The maximum atomic E-state index is 14.6. The number of ether oxygens (including phenoxy) is 1. The molecule has 2 aromatic carbocycles. The van der Waals surface area contributed by atoms with E-state index in [9.17, 15) is 19.7 Å². The second kappa shape index (κ2) is 16.9. The van der Waals surface area contributed by atoms with Gasteiger partial charge in [-0.25, -0.2) is 19.4 Å². The van der Waals surface area contributed by atoms with E-state index in [2.05, 4.69) is 43.5 Å². The van der Waals surface area contributed by atoms with Gasteiger partial charge in [0.1, 0.15) is 17.7 Å². The maximum absolute atomic E-state index is 14.6. The Balaban J connectivity index is 1.31. The third kappa shape index (κ3) is 8.94. The van der Waals surface area contributed by atoms with E-state index in [1.165, 1.54) is 28.7 Å². The summed E-state index contributed by atoms with van der Waals surface area (Å²) >= 11 is 2.90. The van der Waals surface area contributed by atoms with Crippen molar-refractivity contribution >= 4 is 49.0 Å². The number of hydrogen-bond acceptors (Lipinski definition) is 12. The Morgan fingerprint density at radius 1 is 1.17 bits per heavy atom. The lowest BCUT2D eigenvalue weighted by atomic mass is 10.1. The molecule has 48 heavy (non-hydrogen) atoms. The van der Waals surface area contributed by atoms with Crippen molar-refractivity contribution in [2.45, 2.75) is 45.1 Å². The summed E-state index contributed by atoms with van der Waals surface area (Å²) in [5.41, 5.74) is 5.96. The van der Waals surface area contributed by atoms with Gasteiger partial charge in [0.25, 0.3) is 0 Å². The van der Waals surface area contributed by atoms with Crippen LogP contribution in [-0.4, -0.2) is 82.7 Å². The lowest BCUT2D eigenvalue weighted by molar-refractivity contribution is -0.0459. The van der Waals surface area contributed by atoms with E-state index in [0.717, 1.165) is 15.8 Å². The minimum atomic E-state index is -1.76. The minimum absolute atomic E-state index is 0.0667. The number of hydrazine groups is 1. The van der Waals surface area contributed by atoms with Crippen LogP contribution in [0, 0.1) is 17.7 Å². The number of nitrogens with one attached hydrogen (secondary N) is 2. The van der Waals surface area contributed by atoms with Crippen LogP contribution in [0.2, 0.25) is 0 Å². The summed E-state index contributed by atoms with van der Waals surface area (Å²) in [7, 11) is 3.70. The summed E-state index contributed by atoms with van der Waals surface area (Å²) < 4.78 is 21.4. The largest absolute Gasteiger partial charge is 0.491 e. The first kappa shape index (κ1) is 35.4. The zero-order chi connectivity index (χ0) is 34.0. The predicted octanol–water partition coefficient (Wildman–Crippen LogP) is 4.49. The molecule has 0 spiro atoms. The van der Waals surface area contributed by atoms with Gasteiger partial charge in [0.15, 0.2) is 23.0 Å². The molecule has 4 aromatic rings. The monoisotopic (exact) mass is 693 g/mol. The Kier molecular flexibility index (Phi) is 12.5. The number of anilines is 1. The second-order valence-electron chi connectivity index (χ2n) is 11.1. The molecule has 1 aliphatic heterocycles. The fourth-order valence-corrected chi connectivity index (χ4v) is 7.11. The highest BCUT2D eigenvalue weighted by Crippen LogP contribution is 2.34. The number of unbranched alkanes of at least 4 members (excludes halogenated alkanes) is 1. The first-order chi connectivity index (χ1) is 23.3. The SMILES string of the molecule is CNCC#Cc1ccc(OCCCc2sc(N(CCCCO)C3C=C(C)/C(=N/c4nc5ccccc5s4)NN3C)nc2C(O)O)c(F)c1. The van der Waals surface area contributed by atoms with Gasteiger partial charge in [-0.05, 0) is 81.6 Å². The van der Waals surface area contributed by atoms with Crippen molar-refractivity contribution in [3.8, 4) is 17.6 Å². The number of aryl methyl sites for hydroxylation is 1. The van der Waals surface area contributed by atoms with Gasteiger partial charge >= 0.3 is 0 Å². The molecule has 0 fully saturated rings. The predicted molar refractivity (Wildman–Crippen MR) is 189 cm³/mol. The van der Waals surface area contributed by atoms with Gasteiger partial charge in [-0.2, -0.15) is 5.01 Å². The lowest BCUT2D eigenvalue weighted by Gasteiger charge is -2.39. The number of likely N-dealkylation sites (N-methyl/N-ethyl adjacent to an activating group) is 1. The fraction of sp³-hybridized carbons (Fsp3) is 0.382. The van der Waals surface area contributed by atoms with Crippen molar-refractivity contribution in [1.29, 1.82) is 0 Å². The molecule has 11 nitrogen and oxygen atoms in total. The average Bonchev–Trinajstić information content (AvgIpc) is 3.68. The highest BCUT2D eigenvalue weighted by molar-refractivity contribution is 7.22. The first-order valence-electron chi connectivity index (χ1n) is 15.7. The smallest absolute Gasteiger partial charge is 0.212 e. The van der Waals surface area contributed by atoms with E-state index >= 15 is 0 Å². The van der Waals surface area contributed by atoms with E-state index in [4.69, 9.17) is 9.73 Å². The summed E-state index contributed by atoms with van der Waals surface area (Å²) in [6.07, 6.45) is 2.31. The van der Waals surface area contributed by atoms with E-state index in [0.29, 0.717) is 65.3 Å². The first-order valence-corrected chi connectivity index (χ1v) is 17.3. The maximum Gasteiger partial charge on any atom is 0.212 e. The zero-order valence-electron chi connectivity index (χ0n) is 27.1. The summed E-state index contributed by atoms with van der Waals surface area (Å²) in [4.78, 5) is 16.9. The number of aliphatic hydroxyl groups is 3. The Morgan fingerprint density at radius 3 is 2.75 bits per heavy atom. The number of fused-ring (bicyclic) bond motifs is 1. The molecule has 0 amide bonds. The zero-order valence-corrected chi connectivity index (χ0v) is 28.7. The van der Waals surface area contributed by atoms with Crippen LogP contribution in [0.25, 0.3) is 10.2 Å². The third-order valence-corrected chi connectivity index (χ3v) is 9.61. The molecular weight excluding hydrogens is 654 g/mol. The number of benzene rings is 2. The number of thiazole rings is 2. The van der Waals surface area contributed by atoms with Gasteiger partial charge in [-0.1, -0.05) is 35.3 Å². The molecule has 5 N–H and O–H groups in total. The summed E-state index contributed by atoms with van der Waals surface area (Å²) in [5.74, 6) is 6.13. The number of rotatable bonds is 14. The van der Waals surface area contributed by atoms with Gasteiger partial charge in [0.05, 0.1) is 23.4 Å². The number of hydrogen-bond donors (Lipinski definition) is 5. The van der Waals surface area contributed by atoms with Gasteiger partial charge in [0, 0.05) is 30.6 Å². The van der Waals surface area contributed by atoms with Crippen LogP contribution in [0.1, 0.15) is 48.6 Å². The molecule has 1 unspecified atom stereocenters. The average molecular weight is 694 g/mol. The Labute approximate surface area is 287 Å².